The molecule has 0 aliphatic heterocycles. The molecule has 7 heteroatoms. The van der Waals surface area contributed by atoms with Crippen LogP contribution in [0.5, 0.6) is 0 Å². The van der Waals surface area contributed by atoms with Crippen molar-refractivity contribution < 1.29 is 22.9 Å². The largest absolute Gasteiger partial charge is 0.326 e. The summed E-state index contributed by atoms with van der Waals surface area (Å²) in [6.45, 7) is 11.9. The number of rotatable bonds is 8. The molecule has 0 aromatic carbocycles. The van der Waals surface area contributed by atoms with Gasteiger partial charge in [0, 0.05) is 0 Å². The fourth-order valence-electron chi connectivity index (χ4n) is 5.47. The van der Waals surface area contributed by atoms with Gasteiger partial charge in [-0.2, -0.15) is 0 Å². The van der Waals surface area contributed by atoms with Crippen LogP contribution < -0.4 is 0 Å². The van der Waals surface area contributed by atoms with E-state index in [-0.39, 0.29) is 6.61 Å². The zero-order valence-electron chi connectivity index (χ0n) is 16.3. The fourth-order valence-corrected chi connectivity index (χ4v) is 6.51. The minimum absolute atomic E-state index is 0.130. The molecule has 5 nitrogen and oxygen atoms in total. The van der Waals surface area contributed by atoms with Crippen LogP contribution in [-0.4, -0.2) is 11.5 Å². The van der Waals surface area contributed by atoms with E-state index >= 15 is 0 Å². The summed E-state index contributed by atoms with van der Waals surface area (Å²) in [6, 6.07) is 0. The number of hydrogen-bond acceptors (Lipinski definition) is 4. The fraction of sp³-hybridized carbons (Fsp3) is 0.789. The van der Waals surface area contributed by atoms with E-state index in [0.717, 1.165) is 25.2 Å². The molecule has 1 N–H and O–H groups in total. The topological polar surface area (TPSA) is 72.8 Å². The molecule has 2 unspecified atom stereocenters. The van der Waals surface area contributed by atoms with E-state index in [1.54, 1.807) is 6.08 Å². The van der Waals surface area contributed by atoms with Crippen LogP contribution in [0.3, 0.4) is 0 Å². The van der Waals surface area contributed by atoms with E-state index in [4.69, 9.17) is 9.42 Å². The van der Waals surface area contributed by atoms with Crippen molar-refractivity contribution in [3.63, 3.8) is 0 Å². The molecule has 2 rings (SSSR count). The lowest BCUT2D eigenvalue weighted by Gasteiger charge is -2.58. The van der Waals surface area contributed by atoms with Crippen molar-refractivity contribution in [3.8, 4) is 0 Å². The van der Waals surface area contributed by atoms with Crippen molar-refractivity contribution >= 4 is 16.5 Å². The normalized spacial score (nSPS) is 33.8. The minimum atomic E-state index is -3.20. The van der Waals surface area contributed by atoms with Gasteiger partial charge in [0.05, 0.1) is 6.61 Å². The molecule has 2 saturated carbocycles. The number of allylic oxidation sites excluding steroid dienone is 2. The van der Waals surface area contributed by atoms with Gasteiger partial charge < -0.3 is 9.42 Å². The Morgan fingerprint density at radius 1 is 1.27 bits per heavy atom. The summed E-state index contributed by atoms with van der Waals surface area (Å²) in [5, 5.41) is 0. The highest BCUT2D eigenvalue weighted by Gasteiger charge is 2.52. The van der Waals surface area contributed by atoms with E-state index in [0.29, 0.717) is 16.7 Å². The van der Waals surface area contributed by atoms with Crippen LogP contribution in [0.1, 0.15) is 65.7 Å². The number of hydrogen-bond donors (Lipinski definition) is 1. The highest BCUT2D eigenvalue weighted by Crippen LogP contribution is 2.61. The van der Waals surface area contributed by atoms with Gasteiger partial charge in [-0.05, 0) is 61.2 Å². The zero-order valence-corrected chi connectivity index (χ0v) is 18.3. The molecule has 5 atom stereocenters. The Morgan fingerprint density at radius 3 is 2.69 bits per heavy atom. The van der Waals surface area contributed by atoms with E-state index < -0.39 is 16.5 Å². The van der Waals surface area contributed by atoms with Gasteiger partial charge in [-0.15, -0.1) is 0 Å². The predicted octanol–water partition coefficient (Wildman–Crippen LogP) is 5.93. The molecule has 2 fully saturated rings. The molecule has 0 radical (unpaired) electrons. The molecule has 0 heterocycles. The quantitative estimate of drug-likeness (QED) is 0.401. The summed E-state index contributed by atoms with van der Waals surface area (Å²) < 4.78 is 30.7. The molecule has 0 bridgehead atoms. The van der Waals surface area contributed by atoms with Crippen molar-refractivity contribution in [3.05, 3.63) is 24.3 Å². The van der Waals surface area contributed by atoms with E-state index in [2.05, 4.69) is 31.7 Å². The van der Waals surface area contributed by atoms with Crippen LogP contribution in [0.2, 0.25) is 0 Å². The SMILES string of the molecule is C=C1CC[C@@H]2C(C)(C)CCC[C@@]2(C)[C@@H]1CC/C=C/CO[PH](=O)O[PH](=O)O. The van der Waals surface area contributed by atoms with Crippen molar-refractivity contribution in [1.82, 2.24) is 0 Å². The minimum Gasteiger partial charge on any atom is -0.326 e. The lowest BCUT2D eigenvalue weighted by molar-refractivity contribution is -0.0537. The van der Waals surface area contributed by atoms with Gasteiger partial charge in [0.1, 0.15) is 0 Å². The molecule has 0 aromatic heterocycles. The van der Waals surface area contributed by atoms with Gasteiger partial charge in [-0.3, -0.25) is 9.13 Å². The van der Waals surface area contributed by atoms with Gasteiger partial charge in [-0.1, -0.05) is 51.5 Å². The van der Waals surface area contributed by atoms with Crippen LogP contribution in [0.4, 0.5) is 0 Å². The maximum absolute atomic E-state index is 11.2. The van der Waals surface area contributed by atoms with Crippen LogP contribution in [0.15, 0.2) is 24.3 Å². The molecule has 26 heavy (non-hydrogen) atoms. The highest BCUT2D eigenvalue weighted by atomic mass is 31.2. The van der Waals surface area contributed by atoms with Crippen LogP contribution in [0.25, 0.3) is 0 Å². The third-order valence-corrected chi connectivity index (χ3v) is 8.34. The first kappa shape index (κ1) is 22.1. The van der Waals surface area contributed by atoms with Crippen molar-refractivity contribution in [1.29, 1.82) is 0 Å². The zero-order chi connectivity index (χ0) is 19.4. The molecule has 0 aromatic rings. The summed E-state index contributed by atoms with van der Waals surface area (Å²) in [5.74, 6) is 1.31. The standard InChI is InChI=1S/C19H34O5P2/c1-15-10-11-17-18(2,3)12-8-13-19(17,4)16(15)9-6-5-7-14-23-26(22)24-25(20)21/h5,7,16-17,25-26H,1,6,8-14H2,2-4H3,(H,20,21)/b7-5+/t16-,17-,19+/m1/s1. The molecular formula is C19H34O5P2. The summed E-state index contributed by atoms with van der Waals surface area (Å²) in [7, 11) is -6.08. The van der Waals surface area contributed by atoms with Crippen LogP contribution >= 0.6 is 16.5 Å². The molecule has 2 aliphatic rings. The monoisotopic (exact) mass is 404 g/mol. The van der Waals surface area contributed by atoms with E-state index in [9.17, 15) is 9.13 Å². The molecule has 150 valence electrons. The maximum atomic E-state index is 11.2. The maximum Gasteiger partial charge on any atom is 0.326 e. The first-order valence-corrected chi connectivity index (χ1v) is 12.1. The summed E-state index contributed by atoms with van der Waals surface area (Å²) in [4.78, 5) is 8.53. The summed E-state index contributed by atoms with van der Waals surface area (Å²) >= 11 is 0. The van der Waals surface area contributed by atoms with Gasteiger partial charge in [0.25, 0.3) is 0 Å². The van der Waals surface area contributed by atoms with Gasteiger partial charge >= 0.3 is 16.5 Å². The van der Waals surface area contributed by atoms with Crippen molar-refractivity contribution in [2.75, 3.05) is 6.61 Å². The molecule has 0 spiro atoms. The summed E-state index contributed by atoms with van der Waals surface area (Å²) in [5.41, 5.74) is 2.16. The second kappa shape index (κ2) is 9.34. The molecular weight excluding hydrogens is 370 g/mol. The Kier molecular flexibility index (Phi) is 7.95. The van der Waals surface area contributed by atoms with Crippen molar-refractivity contribution in [2.45, 2.75) is 65.7 Å². The smallest absolute Gasteiger partial charge is 0.326 e. The lowest BCUT2D eigenvalue weighted by atomic mass is 9.47. The van der Waals surface area contributed by atoms with Gasteiger partial charge in [0.2, 0.25) is 0 Å². The molecule has 2 aliphatic carbocycles. The van der Waals surface area contributed by atoms with E-state index in [1.165, 1.54) is 31.3 Å². The van der Waals surface area contributed by atoms with Gasteiger partial charge in [-0.25, -0.2) is 4.31 Å². The lowest BCUT2D eigenvalue weighted by Crippen LogP contribution is -2.49. The Morgan fingerprint density at radius 2 is 2.00 bits per heavy atom. The second-order valence-corrected chi connectivity index (χ2v) is 10.8. The van der Waals surface area contributed by atoms with Gasteiger partial charge in [0.15, 0.2) is 0 Å². The first-order chi connectivity index (χ1) is 12.2. The first-order valence-electron chi connectivity index (χ1n) is 9.57. The average Bonchev–Trinajstić information content (AvgIpc) is 2.51. The Bertz CT molecular complexity index is 586. The van der Waals surface area contributed by atoms with Crippen LogP contribution in [0, 0.1) is 22.7 Å². The predicted molar refractivity (Wildman–Crippen MR) is 107 cm³/mol. The van der Waals surface area contributed by atoms with Crippen molar-refractivity contribution in [2.24, 2.45) is 22.7 Å². The van der Waals surface area contributed by atoms with E-state index in [1.807, 2.05) is 6.08 Å². The Hall–Kier alpha value is -0.180. The summed E-state index contributed by atoms with van der Waals surface area (Å²) in [6.07, 6.45) is 12.2. The Labute approximate surface area is 159 Å². The second-order valence-electron chi connectivity index (χ2n) is 8.63. The average molecular weight is 404 g/mol. The third-order valence-electron chi connectivity index (χ3n) is 6.58. The molecule has 0 amide bonds. The Balaban J connectivity index is 1.87. The highest BCUT2D eigenvalue weighted by molar-refractivity contribution is 7.47. The molecule has 0 saturated heterocycles. The number of fused-ring (bicyclic) bond motifs is 1. The third kappa shape index (κ3) is 5.42. The van der Waals surface area contributed by atoms with Crippen LogP contribution in [-0.2, 0) is 18.0 Å².